The molecule has 2 atom stereocenters. The number of benzene rings is 1. The average Bonchev–Trinajstić information content (AvgIpc) is 2.96. The summed E-state index contributed by atoms with van der Waals surface area (Å²) in [4.78, 5) is 25.9. The Labute approximate surface area is 153 Å². The van der Waals surface area contributed by atoms with Crippen molar-refractivity contribution in [3.63, 3.8) is 0 Å². The lowest BCUT2D eigenvalue weighted by Crippen LogP contribution is -2.55. The van der Waals surface area contributed by atoms with Gasteiger partial charge in [0.15, 0.2) is 0 Å². The molecular weight excluding hydrogens is 326 g/mol. The van der Waals surface area contributed by atoms with Crippen LogP contribution in [-0.2, 0) is 20.4 Å². The van der Waals surface area contributed by atoms with E-state index in [9.17, 15) is 4.79 Å². The number of hydrogen-bond donors (Lipinski definition) is 0. The topological polar surface area (TPSA) is 55.3 Å². The zero-order valence-electron chi connectivity index (χ0n) is 15.7. The number of morpholine rings is 1. The Morgan fingerprint density at radius 1 is 1.00 bits per heavy atom. The summed E-state index contributed by atoms with van der Waals surface area (Å²) in [5, 5.41) is 0. The van der Waals surface area contributed by atoms with Gasteiger partial charge in [-0.2, -0.15) is 0 Å². The van der Waals surface area contributed by atoms with Gasteiger partial charge in [-0.25, -0.2) is 9.97 Å². The molecule has 0 spiro atoms. The fraction of sp³-hybridized carbons (Fsp3) is 0.571. The molecule has 26 heavy (non-hydrogen) atoms. The van der Waals surface area contributed by atoms with Crippen molar-refractivity contribution in [3.05, 3.63) is 35.7 Å². The molecule has 5 rings (SSSR count). The minimum absolute atomic E-state index is 0.124. The van der Waals surface area contributed by atoms with Crippen LogP contribution in [0.4, 0.5) is 0 Å². The first-order valence-corrected chi connectivity index (χ1v) is 9.57. The number of fused-ring (bicyclic) bond motifs is 6. The van der Waals surface area contributed by atoms with Crippen LogP contribution in [0.25, 0.3) is 11.0 Å². The Balaban J connectivity index is 1.75. The summed E-state index contributed by atoms with van der Waals surface area (Å²) in [6.45, 7) is 9.34. The van der Waals surface area contributed by atoms with Crippen molar-refractivity contribution in [3.8, 4) is 0 Å². The first-order valence-electron chi connectivity index (χ1n) is 9.57. The number of rotatable bonds is 1. The van der Waals surface area contributed by atoms with Crippen LogP contribution in [0.1, 0.15) is 45.0 Å². The summed E-state index contributed by atoms with van der Waals surface area (Å²) in [6.07, 6.45) is 1.84. The number of carbonyl (C=O) groups is 1. The van der Waals surface area contributed by atoms with Gasteiger partial charge < -0.3 is 9.64 Å². The fourth-order valence-electron chi connectivity index (χ4n) is 5.56. The first-order chi connectivity index (χ1) is 12.4. The summed E-state index contributed by atoms with van der Waals surface area (Å²) in [5.41, 5.74) is 2.85. The fourth-order valence-corrected chi connectivity index (χ4v) is 5.56. The van der Waals surface area contributed by atoms with Crippen LogP contribution in [0.15, 0.2) is 24.3 Å². The molecule has 2 aromatic rings. The Hall–Kier alpha value is -2.01. The number of hydrogen-bond acceptors (Lipinski definition) is 4. The second kappa shape index (κ2) is 5.03. The maximum Gasteiger partial charge on any atom is 0.235 e. The molecule has 5 nitrogen and oxygen atoms in total. The molecule has 1 saturated carbocycles. The predicted octanol–water partition coefficient (Wildman–Crippen LogP) is 2.82. The van der Waals surface area contributed by atoms with E-state index in [0.29, 0.717) is 26.3 Å². The molecule has 1 saturated heterocycles. The Morgan fingerprint density at radius 2 is 1.62 bits per heavy atom. The van der Waals surface area contributed by atoms with Crippen LogP contribution in [0.5, 0.6) is 0 Å². The van der Waals surface area contributed by atoms with Crippen molar-refractivity contribution < 1.29 is 9.53 Å². The maximum atomic E-state index is 13.8. The van der Waals surface area contributed by atoms with Gasteiger partial charge in [-0.05, 0) is 30.4 Å². The van der Waals surface area contributed by atoms with Gasteiger partial charge in [-0.3, -0.25) is 4.79 Å². The highest BCUT2D eigenvalue weighted by atomic mass is 16.5. The number of para-hydroxylation sites is 2. The smallest absolute Gasteiger partial charge is 0.235 e. The van der Waals surface area contributed by atoms with Crippen LogP contribution in [0.3, 0.4) is 0 Å². The third kappa shape index (κ3) is 1.68. The van der Waals surface area contributed by atoms with Gasteiger partial charge in [0, 0.05) is 18.5 Å². The van der Waals surface area contributed by atoms with E-state index in [2.05, 4.69) is 20.8 Å². The molecule has 3 aliphatic rings. The van der Waals surface area contributed by atoms with Gasteiger partial charge in [-0.1, -0.05) is 32.9 Å². The number of aromatic nitrogens is 2. The van der Waals surface area contributed by atoms with E-state index in [1.807, 2.05) is 29.2 Å². The highest BCUT2D eigenvalue weighted by molar-refractivity contribution is 5.93. The SMILES string of the molecule is CC1(C)[C@@]2(C)CC[C@]1(C(=O)N1CCOCC1)c1nc3ccccc3nc12. The lowest BCUT2D eigenvalue weighted by molar-refractivity contribution is -0.145. The van der Waals surface area contributed by atoms with Crippen molar-refractivity contribution >= 4 is 16.9 Å². The van der Waals surface area contributed by atoms with E-state index in [4.69, 9.17) is 14.7 Å². The van der Waals surface area contributed by atoms with E-state index in [-0.39, 0.29) is 16.7 Å². The average molecular weight is 351 g/mol. The minimum Gasteiger partial charge on any atom is -0.378 e. The molecular formula is C21H25N3O2. The van der Waals surface area contributed by atoms with E-state index in [1.54, 1.807) is 0 Å². The molecule has 2 fully saturated rings. The number of amides is 1. The monoisotopic (exact) mass is 351 g/mol. The van der Waals surface area contributed by atoms with Gasteiger partial charge >= 0.3 is 0 Å². The van der Waals surface area contributed by atoms with Crippen LogP contribution in [-0.4, -0.2) is 47.1 Å². The van der Waals surface area contributed by atoms with E-state index in [1.165, 1.54) is 0 Å². The van der Waals surface area contributed by atoms with Crippen LogP contribution in [0, 0.1) is 5.41 Å². The lowest BCUT2D eigenvalue weighted by atomic mass is 9.63. The van der Waals surface area contributed by atoms with Gasteiger partial charge in [0.05, 0.1) is 41.1 Å². The molecule has 2 bridgehead atoms. The molecule has 0 unspecified atom stereocenters. The molecule has 2 heterocycles. The highest BCUT2D eigenvalue weighted by Crippen LogP contribution is 2.70. The van der Waals surface area contributed by atoms with E-state index in [0.717, 1.165) is 35.3 Å². The largest absolute Gasteiger partial charge is 0.378 e. The number of nitrogens with zero attached hydrogens (tertiary/aromatic N) is 3. The zero-order chi connectivity index (χ0) is 18.2. The standard InChI is InChI=1S/C21H25N3O2/c1-19(2)20(3)8-9-21(19,18(25)24-10-12-26-13-11-24)17-16(20)22-14-6-4-5-7-15(14)23-17/h4-7H,8-13H2,1-3H3/t20-,21+/m0/s1. The molecule has 2 aliphatic carbocycles. The second-order valence-corrected chi connectivity index (χ2v) is 8.68. The zero-order valence-corrected chi connectivity index (χ0v) is 15.7. The van der Waals surface area contributed by atoms with Crippen LogP contribution < -0.4 is 0 Å². The Morgan fingerprint density at radius 3 is 2.27 bits per heavy atom. The predicted molar refractivity (Wildman–Crippen MR) is 99.0 cm³/mol. The maximum absolute atomic E-state index is 13.8. The molecule has 0 radical (unpaired) electrons. The van der Waals surface area contributed by atoms with Crippen molar-refractivity contribution in [1.82, 2.24) is 14.9 Å². The van der Waals surface area contributed by atoms with E-state index >= 15 is 0 Å². The molecule has 136 valence electrons. The Kier molecular flexibility index (Phi) is 3.13. The molecule has 5 heteroatoms. The third-order valence-electron chi connectivity index (χ3n) is 7.61. The minimum atomic E-state index is -0.578. The van der Waals surface area contributed by atoms with Crippen LogP contribution in [0.2, 0.25) is 0 Å². The van der Waals surface area contributed by atoms with E-state index < -0.39 is 5.41 Å². The summed E-state index contributed by atoms with van der Waals surface area (Å²) < 4.78 is 5.47. The highest BCUT2D eigenvalue weighted by Gasteiger charge is 2.73. The quantitative estimate of drug-likeness (QED) is 0.793. The van der Waals surface area contributed by atoms with Crippen molar-refractivity contribution in [1.29, 1.82) is 0 Å². The van der Waals surface area contributed by atoms with Crippen molar-refractivity contribution in [2.24, 2.45) is 5.41 Å². The van der Waals surface area contributed by atoms with Gasteiger partial charge in [0.2, 0.25) is 5.91 Å². The van der Waals surface area contributed by atoms with Crippen molar-refractivity contribution in [2.75, 3.05) is 26.3 Å². The second-order valence-electron chi connectivity index (χ2n) is 8.68. The number of carbonyl (C=O) groups excluding carboxylic acids is 1. The molecule has 1 aliphatic heterocycles. The molecule has 1 aromatic heterocycles. The van der Waals surface area contributed by atoms with Gasteiger partial charge in [-0.15, -0.1) is 0 Å². The van der Waals surface area contributed by atoms with Gasteiger partial charge in [0.1, 0.15) is 0 Å². The summed E-state index contributed by atoms with van der Waals surface area (Å²) in [5.74, 6) is 0.220. The lowest BCUT2D eigenvalue weighted by Gasteiger charge is -2.43. The number of ether oxygens (including phenoxy) is 1. The van der Waals surface area contributed by atoms with Gasteiger partial charge in [0.25, 0.3) is 0 Å². The summed E-state index contributed by atoms with van der Waals surface area (Å²) in [7, 11) is 0. The van der Waals surface area contributed by atoms with Crippen LogP contribution >= 0.6 is 0 Å². The normalized spacial score (nSPS) is 32.0. The summed E-state index contributed by atoms with van der Waals surface area (Å²) >= 11 is 0. The third-order valence-corrected chi connectivity index (χ3v) is 7.61. The first kappa shape index (κ1) is 16.2. The molecule has 0 N–H and O–H groups in total. The molecule has 1 amide bonds. The van der Waals surface area contributed by atoms with Crippen molar-refractivity contribution in [2.45, 2.75) is 44.4 Å². The molecule has 1 aromatic carbocycles. The summed E-state index contributed by atoms with van der Waals surface area (Å²) in [6, 6.07) is 8.00. The Bertz CT molecular complexity index is 919.